The van der Waals surface area contributed by atoms with Crippen LogP contribution in [0, 0.1) is 29.6 Å². The molecule has 0 aromatic heterocycles. The number of hydrogen-bond acceptors (Lipinski definition) is 3. The lowest BCUT2D eigenvalue weighted by molar-refractivity contribution is 0.427. The van der Waals surface area contributed by atoms with Crippen molar-refractivity contribution in [3.8, 4) is 18.4 Å². The molecular weight excluding hydrogens is 180 g/mol. The summed E-state index contributed by atoms with van der Waals surface area (Å²) in [4.78, 5) is 0. The molecule has 0 amide bonds. The lowest BCUT2D eigenvalue weighted by atomic mass is 9.97. The smallest absolute Gasteiger partial charge is 0.0996 e. The SMILES string of the molecule is C#CCNC(C#N)C1CCCSC1. The van der Waals surface area contributed by atoms with Crippen molar-refractivity contribution in [2.75, 3.05) is 18.1 Å². The Balaban J connectivity index is 2.37. The zero-order valence-electron chi connectivity index (χ0n) is 7.62. The maximum Gasteiger partial charge on any atom is 0.0996 e. The lowest BCUT2D eigenvalue weighted by Gasteiger charge is -2.25. The highest BCUT2D eigenvalue weighted by atomic mass is 32.2. The highest BCUT2D eigenvalue weighted by Crippen LogP contribution is 2.24. The van der Waals surface area contributed by atoms with E-state index in [0.29, 0.717) is 12.5 Å². The highest BCUT2D eigenvalue weighted by molar-refractivity contribution is 7.99. The fourth-order valence-electron chi connectivity index (χ4n) is 1.52. The van der Waals surface area contributed by atoms with Crippen LogP contribution in [-0.2, 0) is 0 Å². The molecule has 0 aromatic carbocycles. The van der Waals surface area contributed by atoms with Crippen molar-refractivity contribution >= 4 is 11.8 Å². The molecule has 0 bridgehead atoms. The average Bonchev–Trinajstić information content (AvgIpc) is 2.21. The largest absolute Gasteiger partial charge is 0.291 e. The van der Waals surface area contributed by atoms with Crippen molar-refractivity contribution < 1.29 is 0 Å². The maximum absolute atomic E-state index is 8.91. The lowest BCUT2D eigenvalue weighted by Crippen LogP contribution is -2.37. The van der Waals surface area contributed by atoms with Gasteiger partial charge in [-0.3, -0.25) is 5.32 Å². The van der Waals surface area contributed by atoms with Crippen LogP contribution >= 0.6 is 11.8 Å². The topological polar surface area (TPSA) is 35.8 Å². The van der Waals surface area contributed by atoms with Crippen LogP contribution in [-0.4, -0.2) is 24.1 Å². The number of terminal acetylenes is 1. The predicted molar refractivity (Wildman–Crippen MR) is 56.3 cm³/mol. The van der Waals surface area contributed by atoms with E-state index in [2.05, 4.69) is 17.3 Å². The minimum atomic E-state index is -0.0520. The Morgan fingerprint density at radius 1 is 1.69 bits per heavy atom. The summed E-state index contributed by atoms with van der Waals surface area (Å²) in [6.45, 7) is 0.499. The molecule has 3 heteroatoms. The van der Waals surface area contributed by atoms with Gasteiger partial charge < -0.3 is 0 Å². The van der Waals surface area contributed by atoms with Crippen molar-refractivity contribution in [3.05, 3.63) is 0 Å². The zero-order chi connectivity index (χ0) is 9.52. The summed E-state index contributed by atoms with van der Waals surface area (Å²) in [6.07, 6.45) is 7.52. The molecule has 0 aliphatic carbocycles. The Kier molecular flexibility index (Phi) is 4.75. The standard InChI is InChI=1S/C10H14N2S/c1-2-5-12-10(7-11)9-4-3-6-13-8-9/h1,9-10,12H,3-6,8H2. The molecule has 1 aliphatic rings. The number of hydrogen-bond donors (Lipinski definition) is 1. The molecule has 2 atom stereocenters. The van der Waals surface area contributed by atoms with Crippen molar-refractivity contribution in [2.24, 2.45) is 5.92 Å². The maximum atomic E-state index is 8.91. The van der Waals surface area contributed by atoms with Crippen LogP contribution in [0.15, 0.2) is 0 Å². The van der Waals surface area contributed by atoms with Gasteiger partial charge in [0, 0.05) is 0 Å². The van der Waals surface area contributed by atoms with Gasteiger partial charge in [0.2, 0.25) is 0 Å². The third-order valence-electron chi connectivity index (χ3n) is 2.23. The minimum absolute atomic E-state index is 0.0520. The molecule has 0 saturated carbocycles. The van der Waals surface area contributed by atoms with Crippen molar-refractivity contribution in [2.45, 2.75) is 18.9 Å². The minimum Gasteiger partial charge on any atom is -0.291 e. The monoisotopic (exact) mass is 194 g/mol. The molecule has 1 aliphatic heterocycles. The van der Waals surface area contributed by atoms with Gasteiger partial charge in [-0.15, -0.1) is 6.42 Å². The fourth-order valence-corrected chi connectivity index (χ4v) is 2.71. The van der Waals surface area contributed by atoms with Gasteiger partial charge >= 0.3 is 0 Å². The summed E-state index contributed by atoms with van der Waals surface area (Å²) in [5.74, 6) is 5.32. The van der Waals surface area contributed by atoms with E-state index in [9.17, 15) is 0 Å². The molecule has 0 spiro atoms. The molecular formula is C10H14N2S. The first kappa shape index (κ1) is 10.4. The third-order valence-corrected chi connectivity index (χ3v) is 3.47. The molecule has 1 rings (SSSR count). The van der Waals surface area contributed by atoms with Crippen LogP contribution in [0.25, 0.3) is 0 Å². The van der Waals surface area contributed by atoms with E-state index in [-0.39, 0.29) is 6.04 Å². The van der Waals surface area contributed by atoms with Crippen LogP contribution in [0.4, 0.5) is 0 Å². The molecule has 1 saturated heterocycles. The Labute approximate surface area is 84.1 Å². The van der Waals surface area contributed by atoms with Crippen LogP contribution in [0.5, 0.6) is 0 Å². The van der Waals surface area contributed by atoms with E-state index in [0.717, 1.165) is 12.2 Å². The number of thioether (sulfide) groups is 1. The third kappa shape index (κ3) is 3.30. The van der Waals surface area contributed by atoms with E-state index in [1.807, 2.05) is 11.8 Å². The van der Waals surface area contributed by atoms with Crippen LogP contribution in [0.1, 0.15) is 12.8 Å². The molecule has 70 valence electrons. The summed E-state index contributed by atoms with van der Waals surface area (Å²) in [5, 5.41) is 12.0. The van der Waals surface area contributed by atoms with E-state index in [1.54, 1.807) is 0 Å². The van der Waals surface area contributed by atoms with E-state index in [4.69, 9.17) is 11.7 Å². The van der Waals surface area contributed by atoms with Crippen LogP contribution in [0.3, 0.4) is 0 Å². The molecule has 0 radical (unpaired) electrons. The highest BCUT2D eigenvalue weighted by Gasteiger charge is 2.22. The van der Waals surface area contributed by atoms with Gasteiger partial charge in [0.15, 0.2) is 0 Å². The van der Waals surface area contributed by atoms with Gasteiger partial charge in [0.25, 0.3) is 0 Å². The fraction of sp³-hybridized carbons (Fsp3) is 0.700. The van der Waals surface area contributed by atoms with Crippen LogP contribution in [0.2, 0.25) is 0 Å². The molecule has 1 fully saturated rings. The number of nitriles is 1. The normalized spacial score (nSPS) is 24.3. The van der Waals surface area contributed by atoms with Crippen LogP contribution < -0.4 is 5.32 Å². The van der Waals surface area contributed by atoms with E-state index < -0.39 is 0 Å². The second kappa shape index (κ2) is 5.91. The summed E-state index contributed by atoms with van der Waals surface area (Å²) in [5.41, 5.74) is 0. The Bertz CT molecular complexity index is 220. The summed E-state index contributed by atoms with van der Waals surface area (Å²) >= 11 is 1.94. The summed E-state index contributed by atoms with van der Waals surface area (Å²) < 4.78 is 0. The van der Waals surface area contributed by atoms with Crippen molar-refractivity contribution in [1.82, 2.24) is 5.32 Å². The Morgan fingerprint density at radius 2 is 2.54 bits per heavy atom. The average molecular weight is 194 g/mol. The first-order chi connectivity index (χ1) is 6.38. The number of nitrogens with one attached hydrogen (secondary N) is 1. The predicted octanol–water partition coefficient (Wildman–Crippen LogP) is 1.24. The van der Waals surface area contributed by atoms with Gasteiger partial charge in [-0.25, -0.2) is 0 Å². The zero-order valence-corrected chi connectivity index (χ0v) is 8.44. The second-order valence-corrected chi connectivity index (χ2v) is 4.32. The molecule has 1 heterocycles. The van der Waals surface area contributed by atoms with Gasteiger partial charge in [-0.1, -0.05) is 5.92 Å². The van der Waals surface area contributed by atoms with Gasteiger partial charge in [-0.2, -0.15) is 17.0 Å². The Morgan fingerprint density at radius 3 is 3.08 bits per heavy atom. The molecule has 2 nitrogen and oxygen atoms in total. The summed E-state index contributed by atoms with van der Waals surface area (Å²) in [7, 11) is 0. The molecule has 1 N–H and O–H groups in total. The van der Waals surface area contributed by atoms with E-state index >= 15 is 0 Å². The molecule has 2 unspecified atom stereocenters. The number of nitrogens with zero attached hydrogens (tertiary/aromatic N) is 1. The Hall–Kier alpha value is -0.640. The summed E-state index contributed by atoms with van der Waals surface area (Å²) in [6, 6.07) is 2.23. The van der Waals surface area contributed by atoms with E-state index in [1.165, 1.54) is 12.2 Å². The van der Waals surface area contributed by atoms with Crippen molar-refractivity contribution in [1.29, 1.82) is 5.26 Å². The first-order valence-electron chi connectivity index (χ1n) is 4.52. The second-order valence-electron chi connectivity index (χ2n) is 3.17. The van der Waals surface area contributed by atoms with Gasteiger partial charge in [-0.05, 0) is 30.3 Å². The first-order valence-corrected chi connectivity index (χ1v) is 5.68. The van der Waals surface area contributed by atoms with Gasteiger partial charge in [0.1, 0.15) is 0 Å². The molecule has 13 heavy (non-hydrogen) atoms. The number of rotatable bonds is 3. The molecule has 0 aromatic rings. The van der Waals surface area contributed by atoms with Gasteiger partial charge in [0.05, 0.1) is 18.7 Å². The van der Waals surface area contributed by atoms with Crippen molar-refractivity contribution in [3.63, 3.8) is 0 Å². The quantitative estimate of drug-likeness (QED) is 0.687.